The Morgan fingerprint density at radius 1 is 1.24 bits per heavy atom. The van der Waals surface area contributed by atoms with E-state index in [2.05, 4.69) is 49.9 Å². The van der Waals surface area contributed by atoms with E-state index >= 15 is 0 Å². The SMILES string of the molecule is Cc1cccc(-n2cnc(CC(C)(C)C)n2)c1. The lowest BCUT2D eigenvalue weighted by molar-refractivity contribution is 0.400. The maximum absolute atomic E-state index is 4.51. The standard InChI is InChI=1S/C14H19N3/c1-11-6-5-7-12(8-11)17-10-15-13(16-17)9-14(2,3)4/h5-8,10H,9H2,1-4H3. The molecule has 1 aromatic heterocycles. The van der Waals surface area contributed by atoms with Crippen molar-refractivity contribution in [3.05, 3.63) is 42.0 Å². The van der Waals surface area contributed by atoms with Gasteiger partial charge >= 0.3 is 0 Å². The van der Waals surface area contributed by atoms with Crippen LogP contribution in [0.2, 0.25) is 0 Å². The smallest absolute Gasteiger partial charge is 0.151 e. The van der Waals surface area contributed by atoms with Crippen LogP contribution < -0.4 is 0 Å². The highest BCUT2D eigenvalue weighted by molar-refractivity contribution is 5.33. The van der Waals surface area contributed by atoms with Crippen LogP contribution in [0.4, 0.5) is 0 Å². The van der Waals surface area contributed by atoms with Crippen molar-refractivity contribution in [1.29, 1.82) is 0 Å². The number of rotatable bonds is 2. The van der Waals surface area contributed by atoms with Gasteiger partial charge in [-0.25, -0.2) is 9.67 Å². The quantitative estimate of drug-likeness (QED) is 0.792. The molecule has 3 nitrogen and oxygen atoms in total. The predicted molar refractivity (Wildman–Crippen MR) is 69.3 cm³/mol. The van der Waals surface area contributed by atoms with Crippen LogP contribution in [0.15, 0.2) is 30.6 Å². The third-order valence-corrected chi connectivity index (χ3v) is 2.49. The minimum absolute atomic E-state index is 0.221. The fraction of sp³-hybridized carbons (Fsp3) is 0.429. The molecule has 1 heterocycles. The van der Waals surface area contributed by atoms with E-state index in [0.29, 0.717) is 0 Å². The summed E-state index contributed by atoms with van der Waals surface area (Å²) >= 11 is 0. The highest BCUT2D eigenvalue weighted by Crippen LogP contribution is 2.18. The van der Waals surface area contributed by atoms with Gasteiger partial charge in [-0.1, -0.05) is 32.9 Å². The molecule has 0 aliphatic carbocycles. The van der Waals surface area contributed by atoms with E-state index in [0.717, 1.165) is 17.9 Å². The minimum atomic E-state index is 0.221. The summed E-state index contributed by atoms with van der Waals surface area (Å²) in [4.78, 5) is 4.36. The number of aryl methyl sites for hydroxylation is 1. The molecule has 0 radical (unpaired) electrons. The lowest BCUT2D eigenvalue weighted by atomic mass is 9.92. The fourth-order valence-corrected chi connectivity index (χ4v) is 1.75. The molecule has 0 aliphatic rings. The molecular formula is C14H19N3. The Balaban J connectivity index is 2.24. The lowest BCUT2D eigenvalue weighted by Gasteiger charge is -2.14. The van der Waals surface area contributed by atoms with Gasteiger partial charge in [-0.3, -0.25) is 0 Å². The van der Waals surface area contributed by atoms with Crippen LogP contribution in [0, 0.1) is 12.3 Å². The topological polar surface area (TPSA) is 30.7 Å². The lowest BCUT2D eigenvalue weighted by Crippen LogP contribution is -2.10. The van der Waals surface area contributed by atoms with Crippen LogP contribution in [-0.2, 0) is 6.42 Å². The van der Waals surface area contributed by atoms with Gasteiger partial charge in [0.15, 0.2) is 5.82 Å². The Morgan fingerprint density at radius 2 is 2.00 bits per heavy atom. The monoisotopic (exact) mass is 229 g/mol. The first kappa shape index (κ1) is 11.8. The van der Waals surface area contributed by atoms with Crippen LogP contribution in [0.5, 0.6) is 0 Å². The molecule has 0 fully saturated rings. The van der Waals surface area contributed by atoms with Crippen molar-refractivity contribution in [2.45, 2.75) is 34.1 Å². The van der Waals surface area contributed by atoms with Crippen LogP contribution in [0.1, 0.15) is 32.2 Å². The average Bonchev–Trinajstić information content (AvgIpc) is 2.63. The molecule has 0 aliphatic heterocycles. The van der Waals surface area contributed by atoms with E-state index in [1.165, 1.54) is 5.56 Å². The van der Waals surface area contributed by atoms with Gasteiger partial charge in [-0.2, -0.15) is 5.10 Å². The molecule has 0 saturated carbocycles. The Labute approximate surface area is 103 Å². The highest BCUT2D eigenvalue weighted by Gasteiger charge is 2.14. The predicted octanol–water partition coefficient (Wildman–Crippen LogP) is 3.16. The summed E-state index contributed by atoms with van der Waals surface area (Å²) in [6.07, 6.45) is 2.68. The first-order valence-electron chi connectivity index (χ1n) is 5.92. The zero-order valence-electron chi connectivity index (χ0n) is 10.9. The third kappa shape index (κ3) is 3.16. The molecule has 0 spiro atoms. The van der Waals surface area contributed by atoms with E-state index in [4.69, 9.17) is 0 Å². The molecular weight excluding hydrogens is 210 g/mol. The summed E-state index contributed by atoms with van der Waals surface area (Å²) < 4.78 is 1.84. The van der Waals surface area contributed by atoms with Gasteiger partial charge in [-0.15, -0.1) is 0 Å². The molecule has 0 amide bonds. The summed E-state index contributed by atoms with van der Waals surface area (Å²) in [5.74, 6) is 0.902. The van der Waals surface area contributed by atoms with Gasteiger partial charge in [0.05, 0.1) is 5.69 Å². The number of benzene rings is 1. The fourth-order valence-electron chi connectivity index (χ4n) is 1.75. The molecule has 0 N–H and O–H groups in total. The number of hydrogen-bond acceptors (Lipinski definition) is 2. The molecule has 0 unspecified atom stereocenters. The Morgan fingerprint density at radius 3 is 2.65 bits per heavy atom. The zero-order chi connectivity index (χ0) is 12.5. The van der Waals surface area contributed by atoms with Gasteiger partial charge in [0.25, 0.3) is 0 Å². The van der Waals surface area contributed by atoms with Crippen molar-refractivity contribution in [3.63, 3.8) is 0 Å². The summed E-state index contributed by atoms with van der Waals surface area (Å²) in [6, 6.07) is 8.27. The number of nitrogens with zero attached hydrogens (tertiary/aromatic N) is 3. The van der Waals surface area contributed by atoms with Crippen molar-refractivity contribution in [1.82, 2.24) is 14.8 Å². The van der Waals surface area contributed by atoms with Gasteiger partial charge in [-0.05, 0) is 30.0 Å². The van der Waals surface area contributed by atoms with Crippen molar-refractivity contribution >= 4 is 0 Å². The first-order valence-corrected chi connectivity index (χ1v) is 5.92. The van der Waals surface area contributed by atoms with Crippen molar-refractivity contribution in [2.24, 2.45) is 5.41 Å². The number of aromatic nitrogens is 3. The highest BCUT2D eigenvalue weighted by atomic mass is 15.3. The second-order valence-electron chi connectivity index (χ2n) is 5.68. The minimum Gasteiger partial charge on any atom is -0.221 e. The van der Waals surface area contributed by atoms with E-state index in [1.807, 2.05) is 16.8 Å². The second-order valence-corrected chi connectivity index (χ2v) is 5.68. The maximum Gasteiger partial charge on any atom is 0.151 e. The molecule has 3 heteroatoms. The van der Waals surface area contributed by atoms with E-state index in [1.54, 1.807) is 6.33 Å². The molecule has 0 atom stereocenters. The van der Waals surface area contributed by atoms with Gasteiger partial charge in [0.1, 0.15) is 6.33 Å². The Hall–Kier alpha value is -1.64. The molecule has 2 aromatic rings. The third-order valence-electron chi connectivity index (χ3n) is 2.49. The maximum atomic E-state index is 4.51. The molecule has 0 saturated heterocycles. The van der Waals surface area contributed by atoms with Crippen LogP contribution in [-0.4, -0.2) is 14.8 Å². The zero-order valence-corrected chi connectivity index (χ0v) is 10.9. The Bertz CT molecular complexity index is 506. The summed E-state index contributed by atoms with van der Waals surface area (Å²) in [5.41, 5.74) is 2.52. The second kappa shape index (κ2) is 4.32. The molecule has 17 heavy (non-hydrogen) atoms. The van der Waals surface area contributed by atoms with Crippen LogP contribution in [0.3, 0.4) is 0 Å². The van der Waals surface area contributed by atoms with E-state index < -0.39 is 0 Å². The van der Waals surface area contributed by atoms with Crippen molar-refractivity contribution in [2.75, 3.05) is 0 Å². The number of hydrogen-bond donors (Lipinski definition) is 0. The van der Waals surface area contributed by atoms with Crippen molar-refractivity contribution in [3.8, 4) is 5.69 Å². The van der Waals surface area contributed by atoms with Crippen LogP contribution in [0.25, 0.3) is 5.69 Å². The van der Waals surface area contributed by atoms with Gasteiger partial charge in [0.2, 0.25) is 0 Å². The Kier molecular flexibility index (Phi) is 3.01. The average molecular weight is 229 g/mol. The summed E-state index contributed by atoms with van der Waals surface area (Å²) in [6.45, 7) is 8.66. The normalized spacial score (nSPS) is 11.8. The molecule has 0 bridgehead atoms. The molecule has 90 valence electrons. The summed E-state index contributed by atoms with van der Waals surface area (Å²) in [7, 11) is 0. The van der Waals surface area contributed by atoms with E-state index in [9.17, 15) is 0 Å². The molecule has 2 rings (SSSR count). The first-order chi connectivity index (χ1) is 7.94. The van der Waals surface area contributed by atoms with Gasteiger partial charge in [0, 0.05) is 6.42 Å². The van der Waals surface area contributed by atoms with E-state index in [-0.39, 0.29) is 5.41 Å². The van der Waals surface area contributed by atoms with Gasteiger partial charge < -0.3 is 0 Å². The largest absolute Gasteiger partial charge is 0.221 e. The van der Waals surface area contributed by atoms with Crippen molar-refractivity contribution < 1.29 is 0 Å². The van der Waals surface area contributed by atoms with Crippen LogP contribution >= 0.6 is 0 Å². The summed E-state index contributed by atoms with van der Waals surface area (Å²) in [5, 5.41) is 4.51. The molecule has 1 aromatic carbocycles.